The van der Waals surface area contributed by atoms with Crippen molar-refractivity contribution in [2.24, 2.45) is 0 Å². The van der Waals surface area contributed by atoms with Gasteiger partial charge >= 0.3 is 0 Å². The maximum Gasteiger partial charge on any atom is 0.247 e. The number of amides is 1. The molecule has 0 saturated carbocycles. The summed E-state index contributed by atoms with van der Waals surface area (Å²) in [5.74, 6) is -0.0647. The van der Waals surface area contributed by atoms with Crippen LogP contribution in [-0.4, -0.2) is 21.6 Å². The highest BCUT2D eigenvalue weighted by molar-refractivity contribution is 5.91. The fourth-order valence-electron chi connectivity index (χ4n) is 4.03. The Kier molecular flexibility index (Phi) is 5.24. The number of fused-ring (bicyclic) bond motifs is 2. The Hall–Kier alpha value is -2.95. The highest BCUT2D eigenvalue weighted by Gasteiger charge is 2.21. The molecule has 1 aliphatic rings. The number of benzene rings is 2. The first-order chi connectivity index (χ1) is 13.6. The third kappa shape index (κ3) is 3.84. The molecule has 0 fully saturated rings. The number of nitrogens with zero attached hydrogens (tertiary/aromatic N) is 2. The number of hydrogen-bond donors (Lipinski definition) is 1. The second-order valence-electron chi connectivity index (χ2n) is 7.58. The largest absolute Gasteiger partial charge is 0.349 e. The third-order valence-electron chi connectivity index (χ3n) is 5.46. The maximum atomic E-state index is 12.5. The van der Waals surface area contributed by atoms with Gasteiger partial charge < -0.3 is 5.32 Å². The Balaban J connectivity index is 1.31. The van der Waals surface area contributed by atoms with Gasteiger partial charge in [0.1, 0.15) is 0 Å². The summed E-state index contributed by atoms with van der Waals surface area (Å²) in [6.45, 7) is 2.02. The molecule has 5 heteroatoms. The van der Waals surface area contributed by atoms with E-state index >= 15 is 0 Å². The summed E-state index contributed by atoms with van der Waals surface area (Å²) in [5, 5.41) is 8.33. The van der Waals surface area contributed by atoms with Crippen LogP contribution in [0.2, 0.25) is 0 Å². The predicted molar refractivity (Wildman–Crippen MR) is 109 cm³/mol. The molecule has 1 aromatic heterocycles. The zero-order valence-corrected chi connectivity index (χ0v) is 16.1. The highest BCUT2D eigenvalue weighted by atomic mass is 16.2. The molecule has 3 aromatic rings. The van der Waals surface area contributed by atoms with Gasteiger partial charge in [-0.2, -0.15) is 5.10 Å². The fourth-order valence-corrected chi connectivity index (χ4v) is 4.03. The standard InChI is InChI=1S/C23H25N3O2/c1-16-12-13-21-18(14-16)15-24-26(21)23(28)11-5-10-22(27)25-20-9-4-7-17-6-2-3-8-19(17)20/h2-3,6,8,12-15,20H,4-5,7,9-11H2,1H3,(H,25,27)/t20-/m0/s1. The topological polar surface area (TPSA) is 64.0 Å². The van der Waals surface area contributed by atoms with Crippen molar-refractivity contribution in [1.29, 1.82) is 0 Å². The molecule has 0 spiro atoms. The van der Waals surface area contributed by atoms with E-state index in [2.05, 4.69) is 28.6 Å². The summed E-state index contributed by atoms with van der Waals surface area (Å²) < 4.78 is 1.45. The maximum absolute atomic E-state index is 12.5. The lowest BCUT2D eigenvalue weighted by atomic mass is 9.87. The van der Waals surface area contributed by atoms with E-state index in [0.29, 0.717) is 19.3 Å². The summed E-state index contributed by atoms with van der Waals surface area (Å²) in [4.78, 5) is 24.9. The van der Waals surface area contributed by atoms with Gasteiger partial charge in [0.2, 0.25) is 11.8 Å². The van der Waals surface area contributed by atoms with Crippen LogP contribution in [0.15, 0.2) is 48.7 Å². The van der Waals surface area contributed by atoms with Gasteiger partial charge in [-0.3, -0.25) is 9.59 Å². The first kappa shape index (κ1) is 18.4. The SMILES string of the molecule is Cc1ccc2c(cnn2C(=O)CCCC(=O)N[C@H]2CCCc3ccccc32)c1. The van der Waals surface area contributed by atoms with Crippen LogP contribution in [0.5, 0.6) is 0 Å². The normalized spacial score (nSPS) is 16.0. The van der Waals surface area contributed by atoms with E-state index in [9.17, 15) is 9.59 Å². The van der Waals surface area contributed by atoms with Gasteiger partial charge in [-0.1, -0.05) is 35.9 Å². The molecule has 0 radical (unpaired) electrons. The van der Waals surface area contributed by atoms with E-state index in [4.69, 9.17) is 0 Å². The van der Waals surface area contributed by atoms with Crippen LogP contribution in [0.1, 0.15) is 59.6 Å². The van der Waals surface area contributed by atoms with Crippen molar-refractivity contribution in [3.8, 4) is 0 Å². The van der Waals surface area contributed by atoms with E-state index in [1.807, 2.05) is 31.2 Å². The summed E-state index contributed by atoms with van der Waals surface area (Å²) in [6.07, 6.45) is 6.03. The fraction of sp³-hybridized carbons (Fsp3) is 0.348. The summed E-state index contributed by atoms with van der Waals surface area (Å²) >= 11 is 0. The number of carbonyl (C=O) groups excluding carboxylic acids is 2. The van der Waals surface area contributed by atoms with Crippen molar-refractivity contribution < 1.29 is 9.59 Å². The minimum Gasteiger partial charge on any atom is -0.349 e. The number of nitrogens with one attached hydrogen (secondary N) is 1. The minimum absolute atomic E-state index is 0.00968. The molecular formula is C23H25N3O2. The smallest absolute Gasteiger partial charge is 0.247 e. The zero-order chi connectivity index (χ0) is 19.5. The Labute approximate surface area is 164 Å². The van der Waals surface area contributed by atoms with Crippen LogP contribution >= 0.6 is 0 Å². The minimum atomic E-state index is -0.0744. The molecule has 4 rings (SSSR count). The van der Waals surface area contributed by atoms with Crippen LogP contribution in [0, 0.1) is 6.92 Å². The van der Waals surface area contributed by atoms with Crippen LogP contribution in [-0.2, 0) is 11.2 Å². The molecule has 1 atom stereocenters. The van der Waals surface area contributed by atoms with Gasteiger partial charge in [0.15, 0.2) is 0 Å². The van der Waals surface area contributed by atoms with Gasteiger partial charge in [-0.25, -0.2) is 4.68 Å². The molecule has 1 amide bonds. The number of carbonyl (C=O) groups is 2. The van der Waals surface area contributed by atoms with Crippen molar-refractivity contribution in [2.45, 2.75) is 51.5 Å². The summed E-state index contributed by atoms with van der Waals surface area (Å²) in [7, 11) is 0. The Bertz CT molecular complexity index is 1020. The Morgan fingerprint density at radius 2 is 2.04 bits per heavy atom. The van der Waals surface area contributed by atoms with Gasteiger partial charge in [-0.05, 0) is 55.9 Å². The molecule has 1 aliphatic carbocycles. The highest BCUT2D eigenvalue weighted by Crippen LogP contribution is 2.29. The number of rotatable bonds is 5. The van der Waals surface area contributed by atoms with Crippen molar-refractivity contribution in [2.75, 3.05) is 0 Å². The van der Waals surface area contributed by atoms with Crippen LogP contribution < -0.4 is 5.32 Å². The van der Waals surface area contributed by atoms with Crippen LogP contribution in [0.3, 0.4) is 0 Å². The Morgan fingerprint density at radius 3 is 2.93 bits per heavy atom. The van der Waals surface area contributed by atoms with E-state index in [1.165, 1.54) is 15.8 Å². The van der Waals surface area contributed by atoms with Gasteiger partial charge in [0, 0.05) is 18.2 Å². The molecule has 0 aliphatic heterocycles. The van der Waals surface area contributed by atoms with Crippen molar-refractivity contribution >= 4 is 22.7 Å². The molecule has 144 valence electrons. The summed E-state index contributed by atoms with van der Waals surface area (Å²) in [6, 6.07) is 14.3. The van der Waals surface area contributed by atoms with Crippen LogP contribution in [0.25, 0.3) is 10.9 Å². The summed E-state index contributed by atoms with van der Waals surface area (Å²) in [5.41, 5.74) is 4.52. The molecule has 0 bridgehead atoms. The molecule has 0 saturated heterocycles. The van der Waals surface area contributed by atoms with Gasteiger partial charge in [0.05, 0.1) is 17.8 Å². The molecule has 5 nitrogen and oxygen atoms in total. The lowest BCUT2D eigenvalue weighted by Gasteiger charge is -2.26. The quantitative estimate of drug-likeness (QED) is 0.721. The molecule has 28 heavy (non-hydrogen) atoms. The number of aryl methyl sites for hydroxylation is 2. The van der Waals surface area contributed by atoms with Gasteiger partial charge in [0.25, 0.3) is 0 Å². The van der Waals surface area contributed by atoms with E-state index in [-0.39, 0.29) is 17.9 Å². The monoisotopic (exact) mass is 375 g/mol. The lowest BCUT2D eigenvalue weighted by Crippen LogP contribution is -2.30. The molecule has 1 heterocycles. The molecule has 2 aromatic carbocycles. The zero-order valence-electron chi connectivity index (χ0n) is 16.1. The number of aromatic nitrogens is 2. The van der Waals surface area contributed by atoms with Crippen molar-refractivity contribution in [3.63, 3.8) is 0 Å². The van der Waals surface area contributed by atoms with Crippen molar-refractivity contribution in [1.82, 2.24) is 15.1 Å². The van der Waals surface area contributed by atoms with E-state index < -0.39 is 0 Å². The first-order valence-corrected chi connectivity index (χ1v) is 9.96. The van der Waals surface area contributed by atoms with Crippen LogP contribution in [0.4, 0.5) is 0 Å². The third-order valence-corrected chi connectivity index (χ3v) is 5.46. The predicted octanol–water partition coefficient (Wildman–Crippen LogP) is 4.35. The van der Waals surface area contributed by atoms with E-state index in [1.54, 1.807) is 6.20 Å². The second kappa shape index (κ2) is 7.97. The first-order valence-electron chi connectivity index (χ1n) is 9.96. The van der Waals surface area contributed by atoms with E-state index in [0.717, 1.165) is 35.7 Å². The molecule has 0 unspecified atom stereocenters. The molecular weight excluding hydrogens is 350 g/mol. The molecule has 1 N–H and O–H groups in total. The number of hydrogen-bond acceptors (Lipinski definition) is 3. The average Bonchev–Trinajstić information content (AvgIpc) is 3.11. The average molecular weight is 375 g/mol. The lowest BCUT2D eigenvalue weighted by molar-refractivity contribution is -0.122. The van der Waals surface area contributed by atoms with Gasteiger partial charge in [-0.15, -0.1) is 0 Å². The second-order valence-corrected chi connectivity index (χ2v) is 7.58. The Morgan fingerprint density at radius 1 is 1.18 bits per heavy atom. The van der Waals surface area contributed by atoms with Crippen molar-refractivity contribution in [3.05, 3.63) is 65.4 Å².